The van der Waals surface area contributed by atoms with Gasteiger partial charge in [-0.05, 0) is 12.8 Å². The van der Waals surface area contributed by atoms with Crippen molar-refractivity contribution in [2.45, 2.75) is 230 Å². The molecule has 1 aliphatic heterocycles. The Hall–Kier alpha value is -1.39. The van der Waals surface area contributed by atoms with E-state index in [2.05, 4.69) is 28.7 Å². The number of aliphatic hydroxyl groups excluding tert-OH is 3. The van der Waals surface area contributed by atoms with Gasteiger partial charge in [0.2, 0.25) is 11.8 Å². The van der Waals surface area contributed by atoms with Crippen LogP contribution in [0.1, 0.15) is 194 Å². The summed E-state index contributed by atoms with van der Waals surface area (Å²) in [4.78, 5) is 26.2. The van der Waals surface area contributed by atoms with Gasteiger partial charge in [-0.15, -0.1) is 0 Å². The molecule has 0 spiro atoms. The summed E-state index contributed by atoms with van der Waals surface area (Å²) in [5, 5.41) is 36.2. The van der Waals surface area contributed by atoms with E-state index >= 15 is 0 Å². The summed E-state index contributed by atoms with van der Waals surface area (Å²) < 4.78 is 47.3. The number of hydrogen-bond donors (Lipinski definition) is 6. The van der Waals surface area contributed by atoms with Gasteiger partial charge in [0, 0.05) is 13.0 Å². The van der Waals surface area contributed by atoms with E-state index in [1.165, 1.54) is 122 Å². The maximum atomic E-state index is 13.2. The second kappa shape index (κ2) is 33.6. The molecule has 1 saturated heterocycles. The first kappa shape index (κ1) is 51.6. The number of amides is 2. The number of ether oxygens (including phenoxy) is 2. The lowest BCUT2D eigenvalue weighted by Crippen LogP contribution is -2.61. The van der Waals surface area contributed by atoms with Crippen LogP contribution in [-0.4, -0.2) is 96.6 Å². The van der Waals surface area contributed by atoms with Crippen molar-refractivity contribution in [2.24, 2.45) is 0 Å². The lowest BCUT2D eigenvalue weighted by molar-refractivity contribution is -0.297. The van der Waals surface area contributed by atoms with E-state index in [0.29, 0.717) is 13.0 Å². The van der Waals surface area contributed by atoms with Gasteiger partial charge < -0.3 is 35.4 Å². The lowest BCUT2D eigenvalue weighted by Gasteiger charge is -2.41. The fourth-order valence-corrected chi connectivity index (χ4v) is 7.55. The van der Waals surface area contributed by atoms with Gasteiger partial charge in [0.15, 0.2) is 6.29 Å². The molecule has 0 aromatic carbocycles. The van der Waals surface area contributed by atoms with Crippen LogP contribution in [0.4, 0.5) is 0 Å². The Morgan fingerprint density at radius 1 is 0.655 bits per heavy atom. The van der Waals surface area contributed by atoms with Crippen molar-refractivity contribution in [1.29, 1.82) is 0 Å². The van der Waals surface area contributed by atoms with Crippen molar-refractivity contribution in [3.05, 3.63) is 0 Å². The Morgan fingerprint density at radius 2 is 1.07 bits per heavy atom. The Morgan fingerprint density at radius 3 is 1.49 bits per heavy atom. The first-order chi connectivity index (χ1) is 26.5. The summed E-state index contributed by atoms with van der Waals surface area (Å²) in [6.07, 6.45) is 23.9. The van der Waals surface area contributed by atoms with Crippen molar-refractivity contribution in [1.82, 2.24) is 10.6 Å². The van der Waals surface area contributed by atoms with Crippen LogP contribution in [0.25, 0.3) is 0 Å². The van der Waals surface area contributed by atoms with Crippen LogP contribution in [0.2, 0.25) is 0 Å². The molecular weight excluding hydrogens is 729 g/mol. The predicted molar refractivity (Wildman–Crippen MR) is 216 cm³/mol. The van der Waals surface area contributed by atoms with E-state index in [4.69, 9.17) is 14.0 Å². The minimum Gasteiger partial charge on any atom is -0.394 e. The van der Waals surface area contributed by atoms with E-state index in [9.17, 15) is 33.3 Å². The van der Waals surface area contributed by atoms with Crippen LogP contribution in [0.15, 0.2) is 0 Å². The van der Waals surface area contributed by atoms with E-state index in [1.807, 2.05) is 0 Å². The number of aliphatic hydroxyl groups is 3. The molecule has 0 aliphatic carbocycles. The Bertz CT molecular complexity index is 1050. The molecule has 1 rings (SSSR count). The molecule has 6 atom stereocenters. The smallest absolute Gasteiger partial charge is 0.394 e. The average Bonchev–Trinajstić information content (AvgIpc) is 3.15. The molecule has 0 radical (unpaired) electrons. The van der Waals surface area contributed by atoms with Gasteiger partial charge in [0.05, 0.1) is 13.2 Å². The van der Waals surface area contributed by atoms with Crippen molar-refractivity contribution in [3.8, 4) is 0 Å². The van der Waals surface area contributed by atoms with E-state index in [-0.39, 0.29) is 12.3 Å². The number of nitrogens with one attached hydrogen (secondary N) is 2. The highest BCUT2D eigenvalue weighted by Crippen LogP contribution is 2.26. The standard InChI is InChI=1S/C41H80N2O11S/c1-3-5-7-9-11-13-15-17-18-19-20-22-24-26-28-30-36(45)43-34(40(48)42-31-29-27-25-23-21-16-14-12-10-8-6-4-2)33-52-41-38(47)39(54-55(49,50)51)37(46)35(32-44)53-41/h34-35,37-39,41,44,46-47H,3-33H2,1-2H3,(H,42,48)(H,43,45)(H,49,50,51)/t34-,35+,37-,38+,39-,41+/m0/s1. The minimum atomic E-state index is -5.09. The van der Waals surface area contributed by atoms with Crippen molar-refractivity contribution >= 4 is 22.2 Å². The van der Waals surface area contributed by atoms with Gasteiger partial charge >= 0.3 is 10.4 Å². The van der Waals surface area contributed by atoms with Crippen molar-refractivity contribution in [2.75, 3.05) is 19.8 Å². The van der Waals surface area contributed by atoms with Crippen molar-refractivity contribution < 1.29 is 51.5 Å². The molecule has 326 valence electrons. The SMILES string of the molecule is CCCCCCCCCCCCCCCCCC(=O)N[C@@H](CO[C@@H]1O[C@H](CO)[C@H](O)[C@H](OS(=O)(=O)O)[C@H]1O)C(=O)NCCCCCCCCCCCCCC. The summed E-state index contributed by atoms with van der Waals surface area (Å²) >= 11 is 0. The van der Waals surface area contributed by atoms with Crippen LogP contribution >= 0.6 is 0 Å². The monoisotopic (exact) mass is 809 g/mol. The Kier molecular flexibility index (Phi) is 31.5. The molecule has 1 fully saturated rings. The maximum absolute atomic E-state index is 13.2. The molecule has 0 bridgehead atoms. The van der Waals surface area contributed by atoms with Gasteiger partial charge in [-0.2, -0.15) is 8.42 Å². The van der Waals surface area contributed by atoms with Crippen molar-refractivity contribution in [3.63, 3.8) is 0 Å². The number of unbranched alkanes of at least 4 members (excludes halogenated alkanes) is 25. The molecule has 0 saturated carbocycles. The molecule has 14 heteroatoms. The third-order valence-corrected chi connectivity index (χ3v) is 10.9. The maximum Gasteiger partial charge on any atom is 0.397 e. The first-order valence-corrected chi connectivity index (χ1v) is 23.4. The van der Waals surface area contributed by atoms with Gasteiger partial charge in [0.25, 0.3) is 0 Å². The lowest BCUT2D eigenvalue weighted by atomic mass is 9.99. The van der Waals surface area contributed by atoms with Crippen LogP contribution < -0.4 is 10.6 Å². The molecule has 2 amide bonds. The quantitative estimate of drug-likeness (QED) is 0.0274. The molecule has 13 nitrogen and oxygen atoms in total. The third-order valence-electron chi connectivity index (χ3n) is 10.5. The minimum absolute atomic E-state index is 0.229. The van der Waals surface area contributed by atoms with Gasteiger partial charge in [-0.3, -0.25) is 14.1 Å². The van der Waals surface area contributed by atoms with Gasteiger partial charge in [0.1, 0.15) is 30.5 Å². The molecule has 1 heterocycles. The number of rotatable bonds is 37. The van der Waals surface area contributed by atoms with Crippen LogP contribution in [0.3, 0.4) is 0 Å². The summed E-state index contributed by atoms with van der Waals surface area (Å²) in [5.74, 6) is -0.812. The molecule has 6 N–H and O–H groups in total. The molecule has 0 unspecified atom stereocenters. The predicted octanol–water partition coefficient (Wildman–Crippen LogP) is 7.19. The summed E-state index contributed by atoms with van der Waals surface area (Å²) in [5.41, 5.74) is 0. The highest BCUT2D eigenvalue weighted by molar-refractivity contribution is 7.80. The number of hydrogen-bond acceptors (Lipinski definition) is 10. The largest absolute Gasteiger partial charge is 0.397 e. The highest BCUT2D eigenvalue weighted by Gasteiger charge is 2.48. The van der Waals surface area contributed by atoms with E-state index < -0.39 is 66.3 Å². The topological polar surface area (TPSA) is 201 Å². The summed E-state index contributed by atoms with van der Waals surface area (Å²) in [7, 11) is -5.09. The van der Waals surface area contributed by atoms with Gasteiger partial charge in [-0.1, -0.05) is 174 Å². The molecule has 0 aromatic rings. The summed E-state index contributed by atoms with van der Waals surface area (Å²) in [6, 6.07) is -1.16. The zero-order valence-electron chi connectivity index (χ0n) is 34.4. The molecule has 0 aromatic heterocycles. The second-order valence-electron chi connectivity index (χ2n) is 15.5. The Labute approximate surface area is 333 Å². The van der Waals surface area contributed by atoms with E-state index in [0.717, 1.165) is 44.9 Å². The fraction of sp³-hybridized carbons (Fsp3) is 0.951. The average molecular weight is 809 g/mol. The number of carbonyl (C=O) groups is 2. The van der Waals surface area contributed by atoms with E-state index in [1.54, 1.807) is 0 Å². The van der Waals surface area contributed by atoms with Crippen LogP contribution in [-0.2, 0) is 33.6 Å². The molecule has 55 heavy (non-hydrogen) atoms. The second-order valence-corrected chi connectivity index (χ2v) is 16.6. The highest BCUT2D eigenvalue weighted by atomic mass is 32.3. The normalized spacial score (nSPS) is 20.7. The Balaban J connectivity index is 2.51. The third kappa shape index (κ3) is 27.0. The molecular formula is C41H80N2O11S. The van der Waals surface area contributed by atoms with Gasteiger partial charge in [-0.25, -0.2) is 4.18 Å². The number of carbonyl (C=O) groups excluding carboxylic acids is 2. The summed E-state index contributed by atoms with van der Waals surface area (Å²) in [6.45, 7) is 3.65. The first-order valence-electron chi connectivity index (χ1n) is 22.0. The van der Waals surface area contributed by atoms with Crippen LogP contribution in [0, 0.1) is 0 Å². The zero-order chi connectivity index (χ0) is 40.6. The van der Waals surface area contributed by atoms with Crippen LogP contribution in [0.5, 0.6) is 0 Å². The fourth-order valence-electron chi connectivity index (χ4n) is 7.04. The molecule has 1 aliphatic rings. The zero-order valence-corrected chi connectivity index (χ0v) is 35.3.